The van der Waals surface area contributed by atoms with Crippen LogP contribution in [0.25, 0.3) is 0 Å². The Morgan fingerprint density at radius 1 is 1.31 bits per heavy atom. The van der Waals surface area contributed by atoms with Crippen molar-refractivity contribution in [2.45, 2.75) is 6.18 Å². The summed E-state index contributed by atoms with van der Waals surface area (Å²) in [7, 11) is 0. The number of hydrazine groups is 1. The lowest BCUT2D eigenvalue weighted by Crippen LogP contribution is -2.40. The molecule has 16 heavy (non-hydrogen) atoms. The van der Waals surface area contributed by atoms with Crippen LogP contribution in [0.2, 0.25) is 0 Å². The minimum Gasteiger partial charge on any atom is -0.379 e. The highest BCUT2D eigenvalue weighted by Crippen LogP contribution is 2.29. The van der Waals surface area contributed by atoms with Gasteiger partial charge in [0.2, 0.25) is 11.0 Å². The van der Waals surface area contributed by atoms with E-state index in [1.165, 1.54) is 0 Å². The lowest BCUT2D eigenvalue weighted by Gasteiger charge is -2.26. The first-order chi connectivity index (χ1) is 7.55. The van der Waals surface area contributed by atoms with Crippen molar-refractivity contribution in [1.82, 2.24) is 14.4 Å². The Hall–Kier alpha value is -0.930. The molecule has 2 heterocycles. The van der Waals surface area contributed by atoms with E-state index in [4.69, 9.17) is 4.74 Å². The van der Waals surface area contributed by atoms with Gasteiger partial charge in [0.05, 0.1) is 13.2 Å². The van der Waals surface area contributed by atoms with Gasteiger partial charge in [0.25, 0.3) is 0 Å². The molecule has 0 aromatic carbocycles. The van der Waals surface area contributed by atoms with Gasteiger partial charge in [0.15, 0.2) is 0 Å². The number of hydrogen-bond donors (Lipinski definition) is 1. The lowest BCUT2D eigenvalue weighted by atomic mass is 10.5. The molecule has 1 aliphatic heterocycles. The van der Waals surface area contributed by atoms with Crippen LogP contribution in [0.4, 0.5) is 18.3 Å². The van der Waals surface area contributed by atoms with Crippen molar-refractivity contribution in [3.63, 3.8) is 0 Å². The van der Waals surface area contributed by atoms with E-state index in [1.54, 1.807) is 5.01 Å². The molecule has 0 unspecified atom stereocenters. The van der Waals surface area contributed by atoms with Gasteiger partial charge in [0.1, 0.15) is 0 Å². The zero-order valence-corrected chi connectivity index (χ0v) is 8.94. The van der Waals surface area contributed by atoms with Gasteiger partial charge in [-0.15, -0.1) is 0 Å². The second kappa shape index (κ2) is 4.52. The summed E-state index contributed by atoms with van der Waals surface area (Å²) in [6, 6.07) is 0. The highest BCUT2D eigenvalue weighted by molar-refractivity contribution is 7.09. The van der Waals surface area contributed by atoms with Crippen molar-refractivity contribution in [2.24, 2.45) is 0 Å². The van der Waals surface area contributed by atoms with Crippen molar-refractivity contribution in [1.29, 1.82) is 0 Å². The van der Waals surface area contributed by atoms with E-state index in [-0.39, 0.29) is 5.13 Å². The van der Waals surface area contributed by atoms with Gasteiger partial charge in [-0.25, -0.2) is 5.01 Å². The van der Waals surface area contributed by atoms with Crippen LogP contribution in [0, 0.1) is 0 Å². The van der Waals surface area contributed by atoms with Crippen molar-refractivity contribution >= 4 is 16.7 Å². The number of alkyl halides is 3. The fourth-order valence-corrected chi connectivity index (χ4v) is 1.81. The topological polar surface area (TPSA) is 50.3 Å². The predicted octanol–water partition coefficient (Wildman–Crippen LogP) is 1.22. The van der Waals surface area contributed by atoms with Crippen molar-refractivity contribution in [3.8, 4) is 0 Å². The Morgan fingerprint density at radius 2 is 2.00 bits per heavy atom. The summed E-state index contributed by atoms with van der Waals surface area (Å²) in [4.78, 5) is 3.36. The summed E-state index contributed by atoms with van der Waals surface area (Å²) >= 11 is 0.695. The second-order valence-corrected chi connectivity index (χ2v) is 3.88. The Labute approximate surface area is 93.4 Å². The van der Waals surface area contributed by atoms with Gasteiger partial charge in [-0.05, 0) is 0 Å². The van der Waals surface area contributed by atoms with Gasteiger partial charge in [-0.3, -0.25) is 5.43 Å². The van der Waals surface area contributed by atoms with Gasteiger partial charge >= 0.3 is 6.18 Å². The standard InChI is InChI=1S/C7H9F3N4OS/c8-7(9,10)5-11-6(16-13-5)12-14-1-3-15-4-2-14/h1-4H2,(H,11,12,13). The number of hydrogen-bond acceptors (Lipinski definition) is 6. The third kappa shape index (κ3) is 2.80. The van der Waals surface area contributed by atoms with E-state index in [0.717, 1.165) is 0 Å². The first-order valence-electron chi connectivity index (χ1n) is 4.56. The third-order valence-corrected chi connectivity index (χ3v) is 2.56. The van der Waals surface area contributed by atoms with Crippen molar-refractivity contribution in [3.05, 3.63) is 5.82 Å². The van der Waals surface area contributed by atoms with E-state index in [9.17, 15) is 13.2 Å². The molecule has 1 N–H and O–H groups in total. The van der Waals surface area contributed by atoms with E-state index >= 15 is 0 Å². The van der Waals surface area contributed by atoms with Crippen LogP contribution in [-0.2, 0) is 10.9 Å². The van der Waals surface area contributed by atoms with Crippen LogP contribution in [0.3, 0.4) is 0 Å². The minimum absolute atomic E-state index is 0.147. The highest BCUT2D eigenvalue weighted by Gasteiger charge is 2.36. The molecular formula is C7H9F3N4OS. The minimum atomic E-state index is -4.48. The number of rotatable bonds is 2. The molecule has 0 spiro atoms. The largest absolute Gasteiger partial charge is 0.452 e. The molecule has 1 aromatic heterocycles. The average Bonchev–Trinajstić information content (AvgIpc) is 2.67. The molecule has 9 heteroatoms. The first-order valence-corrected chi connectivity index (χ1v) is 5.33. The molecule has 2 rings (SSSR count). The van der Waals surface area contributed by atoms with Crippen LogP contribution in [0.1, 0.15) is 5.82 Å². The number of morpholine rings is 1. The summed E-state index contributed by atoms with van der Waals surface area (Å²) in [6.45, 7) is 2.33. The van der Waals surface area contributed by atoms with Crippen LogP contribution < -0.4 is 5.43 Å². The lowest BCUT2D eigenvalue weighted by molar-refractivity contribution is -0.144. The number of ether oxygens (including phenoxy) is 1. The fourth-order valence-electron chi connectivity index (χ4n) is 1.19. The average molecular weight is 254 g/mol. The molecule has 0 bridgehead atoms. The molecule has 0 aliphatic carbocycles. The monoisotopic (exact) mass is 254 g/mol. The summed E-state index contributed by atoms with van der Waals surface area (Å²) in [5, 5.41) is 1.90. The number of nitrogens with zero attached hydrogens (tertiary/aromatic N) is 3. The SMILES string of the molecule is FC(F)(F)c1nsc(NN2CCOCC2)n1. The Morgan fingerprint density at radius 3 is 2.56 bits per heavy atom. The smallest absolute Gasteiger partial charge is 0.379 e. The van der Waals surface area contributed by atoms with Crippen molar-refractivity contribution < 1.29 is 17.9 Å². The Bertz CT molecular complexity index is 350. The third-order valence-electron chi connectivity index (χ3n) is 1.94. The van der Waals surface area contributed by atoms with Gasteiger partial charge < -0.3 is 4.74 Å². The second-order valence-electron chi connectivity index (χ2n) is 3.13. The molecule has 1 aromatic rings. The zero-order valence-electron chi connectivity index (χ0n) is 8.12. The van der Waals surface area contributed by atoms with E-state index in [2.05, 4.69) is 14.8 Å². The van der Waals surface area contributed by atoms with E-state index in [1.807, 2.05) is 0 Å². The Kier molecular flexibility index (Phi) is 3.26. The molecule has 0 saturated carbocycles. The summed E-state index contributed by atoms with van der Waals surface area (Å²) in [5.74, 6) is -1.10. The molecule has 1 fully saturated rings. The van der Waals surface area contributed by atoms with Crippen LogP contribution in [0.5, 0.6) is 0 Å². The molecule has 0 amide bonds. The van der Waals surface area contributed by atoms with Crippen molar-refractivity contribution in [2.75, 3.05) is 31.7 Å². The molecular weight excluding hydrogens is 245 g/mol. The van der Waals surface area contributed by atoms with Crippen LogP contribution in [-0.4, -0.2) is 40.7 Å². The number of aromatic nitrogens is 2. The normalized spacial score (nSPS) is 18.7. The molecule has 90 valence electrons. The molecule has 1 aliphatic rings. The fraction of sp³-hybridized carbons (Fsp3) is 0.714. The summed E-state index contributed by atoms with van der Waals surface area (Å²) in [5.41, 5.74) is 2.77. The maximum absolute atomic E-state index is 12.2. The van der Waals surface area contributed by atoms with E-state index in [0.29, 0.717) is 37.8 Å². The molecule has 0 atom stereocenters. The molecule has 1 saturated heterocycles. The van der Waals surface area contributed by atoms with Gasteiger partial charge in [-0.2, -0.15) is 22.5 Å². The van der Waals surface area contributed by atoms with E-state index < -0.39 is 12.0 Å². The molecule has 5 nitrogen and oxygen atoms in total. The quantitative estimate of drug-likeness (QED) is 0.859. The Balaban J connectivity index is 1.97. The molecule has 0 radical (unpaired) electrons. The first kappa shape index (κ1) is 11.6. The number of anilines is 1. The van der Waals surface area contributed by atoms with Crippen LogP contribution in [0.15, 0.2) is 0 Å². The van der Waals surface area contributed by atoms with Gasteiger partial charge in [0, 0.05) is 24.6 Å². The number of nitrogens with one attached hydrogen (secondary N) is 1. The summed E-state index contributed by atoms with van der Waals surface area (Å²) in [6.07, 6.45) is -4.48. The number of halogens is 3. The predicted molar refractivity (Wildman–Crippen MR) is 50.9 cm³/mol. The maximum Gasteiger partial charge on any atom is 0.452 e. The zero-order chi connectivity index (χ0) is 11.6. The highest BCUT2D eigenvalue weighted by atomic mass is 32.1. The maximum atomic E-state index is 12.2. The van der Waals surface area contributed by atoms with Crippen LogP contribution >= 0.6 is 11.5 Å². The van der Waals surface area contributed by atoms with Gasteiger partial charge in [-0.1, -0.05) is 0 Å². The summed E-state index contributed by atoms with van der Waals surface area (Å²) < 4.78 is 44.9.